The Labute approximate surface area is 181 Å². The van der Waals surface area contributed by atoms with Gasteiger partial charge in [-0.25, -0.2) is 13.1 Å². The number of rotatable bonds is 6. The average molecular weight is 518 g/mol. The summed E-state index contributed by atoms with van der Waals surface area (Å²) in [6, 6.07) is 12.5. The quantitative estimate of drug-likeness (QED) is 0.307. The van der Waals surface area contributed by atoms with E-state index in [0.717, 1.165) is 22.6 Å². The van der Waals surface area contributed by atoms with Crippen LogP contribution in [0.4, 0.5) is 0 Å². The lowest BCUT2D eigenvalue weighted by molar-refractivity contribution is 0.174. The molecule has 10 heteroatoms. The van der Waals surface area contributed by atoms with Gasteiger partial charge >= 0.3 is 0 Å². The first-order valence-electron chi connectivity index (χ1n) is 8.37. The van der Waals surface area contributed by atoms with Gasteiger partial charge in [0.05, 0.1) is 4.90 Å². The second-order valence-electron chi connectivity index (χ2n) is 5.82. The summed E-state index contributed by atoms with van der Waals surface area (Å²) >= 11 is 0. The van der Waals surface area contributed by atoms with Gasteiger partial charge in [0.2, 0.25) is 16.8 Å². The van der Waals surface area contributed by atoms with Gasteiger partial charge in [0.25, 0.3) is 0 Å². The Balaban J connectivity index is 0.00000280. The van der Waals surface area contributed by atoms with Gasteiger partial charge < -0.3 is 20.1 Å². The van der Waals surface area contributed by atoms with Gasteiger partial charge in [-0.2, -0.15) is 0 Å². The van der Waals surface area contributed by atoms with Gasteiger partial charge in [0.1, 0.15) is 0 Å². The van der Waals surface area contributed by atoms with E-state index in [1.54, 1.807) is 25.2 Å². The molecule has 8 nitrogen and oxygen atoms in total. The molecular weight excluding hydrogens is 495 g/mol. The molecular formula is C18H23IN4O4S. The SMILES string of the molecule is CN=C(NCc1cccc(S(=O)(=O)NC)c1)NCc1ccc2c(c1)OCO2.I. The molecule has 0 saturated heterocycles. The monoisotopic (exact) mass is 518 g/mol. The summed E-state index contributed by atoms with van der Waals surface area (Å²) in [5.74, 6) is 2.09. The molecule has 0 atom stereocenters. The van der Waals surface area contributed by atoms with Crippen LogP contribution in [0.2, 0.25) is 0 Å². The molecule has 0 fully saturated rings. The number of fused-ring (bicyclic) bond motifs is 1. The van der Waals surface area contributed by atoms with Gasteiger partial charge in [-0.1, -0.05) is 18.2 Å². The molecule has 0 aliphatic carbocycles. The van der Waals surface area contributed by atoms with Crippen LogP contribution >= 0.6 is 24.0 Å². The first-order chi connectivity index (χ1) is 13.0. The number of halogens is 1. The van der Waals surface area contributed by atoms with E-state index in [9.17, 15) is 8.42 Å². The Morgan fingerprint density at radius 3 is 2.39 bits per heavy atom. The van der Waals surface area contributed by atoms with Crippen molar-refractivity contribution in [2.75, 3.05) is 20.9 Å². The average Bonchev–Trinajstić information content (AvgIpc) is 3.16. The molecule has 1 aliphatic heterocycles. The fourth-order valence-corrected chi connectivity index (χ4v) is 3.38. The summed E-state index contributed by atoms with van der Waals surface area (Å²) in [5.41, 5.74) is 1.86. The van der Waals surface area contributed by atoms with Crippen LogP contribution in [0.15, 0.2) is 52.4 Å². The Morgan fingerprint density at radius 2 is 1.71 bits per heavy atom. The van der Waals surface area contributed by atoms with Crippen molar-refractivity contribution >= 4 is 40.0 Å². The Kier molecular flexibility index (Phi) is 7.89. The smallest absolute Gasteiger partial charge is 0.240 e. The second kappa shape index (κ2) is 9.94. The summed E-state index contributed by atoms with van der Waals surface area (Å²) in [7, 11) is -0.393. The number of nitrogens with one attached hydrogen (secondary N) is 3. The lowest BCUT2D eigenvalue weighted by Gasteiger charge is -2.13. The molecule has 0 saturated carbocycles. The molecule has 0 radical (unpaired) electrons. The fraction of sp³-hybridized carbons (Fsp3) is 0.278. The summed E-state index contributed by atoms with van der Waals surface area (Å²) in [5, 5.41) is 6.39. The molecule has 0 bridgehead atoms. The first kappa shape index (κ1) is 22.2. The van der Waals surface area contributed by atoms with Crippen LogP contribution in [0.1, 0.15) is 11.1 Å². The van der Waals surface area contributed by atoms with Gasteiger partial charge in [0.15, 0.2) is 17.5 Å². The summed E-state index contributed by atoms with van der Waals surface area (Å²) in [4.78, 5) is 4.42. The Hall–Kier alpha value is -2.05. The van der Waals surface area contributed by atoms with Gasteiger partial charge in [0, 0.05) is 20.1 Å². The zero-order chi connectivity index (χ0) is 19.3. The zero-order valence-corrected chi connectivity index (χ0v) is 18.7. The van der Waals surface area contributed by atoms with Crippen molar-refractivity contribution in [2.45, 2.75) is 18.0 Å². The number of benzene rings is 2. The molecule has 152 valence electrons. The van der Waals surface area contributed by atoms with Crippen LogP contribution in [0.5, 0.6) is 11.5 Å². The number of hydrogen-bond donors (Lipinski definition) is 3. The van der Waals surface area contributed by atoms with Gasteiger partial charge in [-0.15, -0.1) is 24.0 Å². The topological polar surface area (TPSA) is 101 Å². The molecule has 0 aromatic heterocycles. The Bertz CT molecular complexity index is 950. The van der Waals surface area contributed by atoms with Crippen LogP contribution in [-0.4, -0.2) is 35.3 Å². The predicted molar refractivity (Wildman–Crippen MR) is 118 cm³/mol. The standard InChI is InChI=1S/C18H22N4O4S.HI/c1-19-18(22-11-14-6-7-16-17(9-14)26-12-25-16)21-10-13-4-3-5-15(8-13)27(23,24)20-2;/h3-9,20H,10-12H2,1-2H3,(H2,19,21,22);1H. The summed E-state index contributed by atoms with van der Waals surface area (Å²) in [6.45, 7) is 1.25. The highest BCUT2D eigenvalue weighted by Gasteiger charge is 2.13. The lowest BCUT2D eigenvalue weighted by atomic mass is 10.2. The van der Waals surface area contributed by atoms with E-state index >= 15 is 0 Å². The van der Waals surface area contributed by atoms with Crippen LogP contribution in [0.25, 0.3) is 0 Å². The minimum atomic E-state index is -3.46. The van der Waals surface area contributed by atoms with E-state index < -0.39 is 10.0 Å². The molecule has 1 heterocycles. The molecule has 2 aromatic rings. The highest BCUT2D eigenvalue weighted by molar-refractivity contribution is 14.0. The molecule has 0 amide bonds. The third-order valence-corrected chi connectivity index (χ3v) is 5.47. The van der Waals surface area contributed by atoms with Crippen molar-refractivity contribution in [3.05, 3.63) is 53.6 Å². The maximum Gasteiger partial charge on any atom is 0.240 e. The van der Waals surface area contributed by atoms with Gasteiger partial charge in [-0.3, -0.25) is 4.99 Å². The lowest BCUT2D eigenvalue weighted by Crippen LogP contribution is -2.36. The molecule has 3 N–H and O–H groups in total. The minimum absolute atomic E-state index is 0. The molecule has 28 heavy (non-hydrogen) atoms. The maximum atomic E-state index is 11.9. The molecule has 3 rings (SSSR count). The van der Waals surface area contributed by atoms with Crippen molar-refractivity contribution in [1.82, 2.24) is 15.4 Å². The minimum Gasteiger partial charge on any atom is -0.454 e. The number of nitrogens with zero attached hydrogens (tertiary/aromatic N) is 1. The van der Waals surface area contributed by atoms with E-state index in [-0.39, 0.29) is 35.7 Å². The van der Waals surface area contributed by atoms with E-state index in [4.69, 9.17) is 9.47 Å². The van der Waals surface area contributed by atoms with Crippen molar-refractivity contribution < 1.29 is 17.9 Å². The third kappa shape index (κ3) is 5.49. The van der Waals surface area contributed by atoms with Crippen LogP contribution in [0, 0.1) is 0 Å². The normalized spacial score (nSPS) is 13.0. The van der Waals surface area contributed by atoms with E-state index in [1.807, 2.05) is 24.3 Å². The second-order valence-corrected chi connectivity index (χ2v) is 7.71. The van der Waals surface area contributed by atoms with E-state index in [1.165, 1.54) is 7.05 Å². The zero-order valence-electron chi connectivity index (χ0n) is 15.6. The predicted octanol–water partition coefficient (Wildman–Crippen LogP) is 1.81. The highest BCUT2D eigenvalue weighted by atomic mass is 127. The van der Waals surface area contributed by atoms with Gasteiger partial charge in [-0.05, 0) is 42.4 Å². The number of guanidine groups is 1. The van der Waals surface area contributed by atoms with Crippen molar-refractivity contribution in [2.24, 2.45) is 4.99 Å². The Morgan fingerprint density at radius 1 is 1.04 bits per heavy atom. The summed E-state index contributed by atoms with van der Waals surface area (Å²) < 4.78 is 36.8. The largest absolute Gasteiger partial charge is 0.454 e. The maximum absolute atomic E-state index is 11.9. The van der Waals surface area contributed by atoms with Crippen LogP contribution in [-0.2, 0) is 23.1 Å². The molecule has 1 aliphatic rings. The third-order valence-electron chi connectivity index (χ3n) is 4.06. The number of sulfonamides is 1. The van der Waals surface area contributed by atoms with Crippen LogP contribution < -0.4 is 24.8 Å². The number of aliphatic imine (C=N–C) groups is 1. The molecule has 0 unspecified atom stereocenters. The fourth-order valence-electron chi connectivity index (χ4n) is 2.58. The first-order valence-corrected chi connectivity index (χ1v) is 9.85. The number of ether oxygens (including phenoxy) is 2. The van der Waals surface area contributed by atoms with Crippen LogP contribution in [0.3, 0.4) is 0 Å². The summed E-state index contributed by atoms with van der Waals surface area (Å²) in [6.07, 6.45) is 0. The van der Waals surface area contributed by atoms with Crippen molar-refractivity contribution in [1.29, 1.82) is 0 Å². The van der Waals surface area contributed by atoms with E-state index in [2.05, 4.69) is 20.3 Å². The molecule has 2 aromatic carbocycles. The van der Waals surface area contributed by atoms with Crippen molar-refractivity contribution in [3.8, 4) is 11.5 Å². The molecule has 0 spiro atoms. The van der Waals surface area contributed by atoms with E-state index in [0.29, 0.717) is 19.0 Å². The van der Waals surface area contributed by atoms with Crippen molar-refractivity contribution in [3.63, 3.8) is 0 Å². The highest BCUT2D eigenvalue weighted by Crippen LogP contribution is 2.32. The number of hydrogen-bond acceptors (Lipinski definition) is 5.